The molecule has 1 aliphatic rings. The molecule has 5 atom stereocenters. The summed E-state index contributed by atoms with van der Waals surface area (Å²) in [7, 11) is 0. The minimum absolute atomic E-state index is 0.0428. The Balaban J connectivity index is 3.05. The van der Waals surface area contributed by atoms with Crippen molar-refractivity contribution in [3.8, 4) is 0 Å². The number of hydrogen-bond donors (Lipinski definition) is 3. The van der Waals surface area contributed by atoms with Gasteiger partial charge in [-0.3, -0.25) is 4.79 Å². The largest absolute Gasteiger partial charge is 0.394 e. The van der Waals surface area contributed by atoms with Crippen LogP contribution in [0.1, 0.15) is 54.9 Å². The summed E-state index contributed by atoms with van der Waals surface area (Å²) >= 11 is 0. The SMILES string of the molecule is CC(=O)NC1C(CC(C)(C)C)OC(CO)C(OC(C)(C)C)C1O. The fourth-order valence-corrected chi connectivity index (χ4v) is 2.92. The summed E-state index contributed by atoms with van der Waals surface area (Å²) in [6.45, 7) is 13.0. The second-order valence-electron chi connectivity index (χ2n) is 8.57. The molecular formula is C17H33NO5. The third-order valence-electron chi connectivity index (χ3n) is 3.67. The van der Waals surface area contributed by atoms with Crippen LogP contribution in [0.5, 0.6) is 0 Å². The number of amides is 1. The molecule has 1 amide bonds. The van der Waals surface area contributed by atoms with Crippen molar-refractivity contribution in [2.75, 3.05) is 6.61 Å². The number of carbonyl (C=O) groups excluding carboxylic acids is 1. The second-order valence-corrected chi connectivity index (χ2v) is 8.57. The van der Waals surface area contributed by atoms with Gasteiger partial charge in [0.05, 0.1) is 24.4 Å². The van der Waals surface area contributed by atoms with Gasteiger partial charge in [0, 0.05) is 6.92 Å². The third kappa shape index (κ3) is 6.37. The van der Waals surface area contributed by atoms with E-state index in [4.69, 9.17) is 9.47 Å². The van der Waals surface area contributed by atoms with E-state index in [2.05, 4.69) is 26.1 Å². The second kappa shape index (κ2) is 7.47. The minimum atomic E-state index is -0.948. The van der Waals surface area contributed by atoms with E-state index >= 15 is 0 Å². The normalized spacial score (nSPS) is 32.7. The van der Waals surface area contributed by atoms with Crippen LogP contribution in [-0.4, -0.2) is 58.8 Å². The average Bonchev–Trinajstić information content (AvgIpc) is 2.33. The minimum Gasteiger partial charge on any atom is -0.394 e. The summed E-state index contributed by atoms with van der Waals surface area (Å²) in [4.78, 5) is 11.5. The van der Waals surface area contributed by atoms with Crippen LogP contribution in [0.4, 0.5) is 0 Å². The molecule has 0 aliphatic carbocycles. The van der Waals surface area contributed by atoms with Crippen LogP contribution in [0.3, 0.4) is 0 Å². The molecule has 23 heavy (non-hydrogen) atoms. The standard InChI is InChI=1S/C17H33NO5/c1-10(20)18-13-11(8-16(2,3)4)22-12(9-19)15(14(13)21)23-17(5,6)7/h11-15,19,21H,8-9H2,1-7H3,(H,18,20). The molecule has 1 aliphatic heterocycles. The summed E-state index contributed by atoms with van der Waals surface area (Å²) < 4.78 is 11.9. The number of ether oxygens (including phenoxy) is 2. The molecule has 0 spiro atoms. The first kappa shape index (κ1) is 20.4. The lowest BCUT2D eigenvalue weighted by Crippen LogP contribution is -2.65. The van der Waals surface area contributed by atoms with E-state index in [1.807, 2.05) is 20.8 Å². The quantitative estimate of drug-likeness (QED) is 0.721. The highest BCUT2D eigenvalue weighted by Gasteiger charge is 2.47. The zero-order chi connectivity index (χ0) is 18.0. The van der Waals surface area contributed by atoms with Gasteiger partial charge in [-0.05, 0) is 32.6 Å². The first-order valence-electron chi connectivity index (χ1n) is 8.23. The van der Waals surface area contributed by atoms with Crippen LogP contribution in [0, 0.1) is 5.41 Å². The summed E-state index contributed by atoms with van der Waals surface area (Å²) in [6, 6.07) is -0.568. The molecule has 0 aromatic carbocycles. The summed E-state index contributed by atoms with van der Waals surface area (Å²) in [6.07, 6.45) is -2.01. The monoisotopic (exact) mass is 331 g/mol. The lowest BCUT2D eigenvalue weighted by molar-refractivity contribution is -0.238. The Morgan fingerprint density at radius 3 is 2.13 bits per heavy atom. The van der Waals surface area contributed by atoms with Gasteiger partial charge in [0.25, 0.3) is 0 Å². The van der Waals surface area contributed by atoms with Crippen molar-refractivity contribution in [2.24, 2.45) is 5.41 Å². The molecule has 0 radical (unpaired) electrons. The van der Waals surface area contributed by atoms with Gasteiger partial charge in [0.15, 0.2) is 0 Å². The van der Waals surface area contributed by atoms with Crippen molar-refractivity contribution < 1.29 is 24.5 Å². The van der Waals surface area contributed by atoms with E-state index in [0.29, 0.717) is 6.42 Å². The third-order valence-corrected chi connectivity index (χ3v) is 3.67. The molecule has 0 saturated carbocycles. The number of nitrogens with one attached hydrogen (secondary N) is 1. The molecule has 1 fully saturated rings. The summed E-state index contributed by atoms with van der Waals surface area (Å²) in [5, 5.41) is 23.2. The van der Waals surface area contributed by atoms with Gasteiger partial charge in [-0.1, -0.05) is 20.8 Å². The Hall–Kier alpha value is -0.690. The number of hydrogen-bond acceptors (Lipinski definition) is 5. The molecule has 0 bridgehead atoms. The van der Waals surface area contributed by atoms with E-state index in [-0.39, 0.29) is 24.0 Å². The smallest absolute Gasteiger partial charge is 0.217 e. The Morgan fingerprint density at radius 2 is 1.74 bits per heavy atom. The molecule has 6 nitrogen and oxygen atoms in total. The van der Waals surface area contributed by atoms with E-state index in [1.165, 1.54) is 6.92 Å². The number of aliphatic hydroxyl groups is 2. The molecule has 3 N–H and O–H groups in total. The van der Waals surface area contributed by atoms with Crippen molar-refractivity contribution in [2.45, 2.75) is 90.9 Å². The number of carbonyl (C=O) groups is 1. The maximum absolute atomic E-state index is 11.5. The van der Waals surface area contributed by atoms with Crippen LogP contribution in [-0.2, 0) is 14.3 Å². The van der Waals surface area contributed by atoms with Crippen molar-refractivity contribution >= 4 is 5.91 Å². The van der Waals surface area contributed by atoms with Gasteiger partial charge in [-0.15, -0.1) is 0 Å². The van der Waals surface area contributed by atoms with Gasteiger partial charge < -0.3 is 25.0 Å². The van der Waals surface area contributed by atoms with Crippen LogP contribution < -0.4 is 5.32 Å². The Morgan fingerprint density at radius 1 is 1.17 bits per heavy atom. The summed E-state index contributed by atoms with van der Waals surface area (Å²) in [5.74, 6) is -0.228. The van der Waals surface area contributed by atoms with Crippen LogP contribution in [0.15, 0.2) is 0 Å². The van der Waals surface area contributed by atoms with Crippen molar-refractivity contribution in [1.29, 1.82) is 0 Å². The highest BCUT2D eigenvalue weighted by Crippen LogP contribution is 2.33. The van der Waals surface area contributed by atoms with Gasteiger partial charge in [-0.25, -0.2) is 0 Å². The van der Waals surface area contributed by atoms with Crippen molar-refractivity contribution in [3.05, 3.63) is 0 Å². The fraction of sp³-hybridized carbons (Fsp3) is 0.941. The zero-order valence-electron chi connectivity index (χ0n) is 15.4. The van der Waals surface area contributed by atoms with Crippen LogP contribution >= 0.6 is 0 Å². The molecule has 136 valence electrons. The average molecular weight is 331 g/mol. The predicted molar refractivity (Wildman–Crippen MR) is 88.1 cm³/mol. The lowest BCUT2D eigenvalue weighted by Gasteiger charge is -2.47. The maximum Gasteiger partial charge on any atom is 0.217 e. The molecule has 1 rings (SSSR count). The Bertz CT molecular complexity index is 399. The van der Waals surface area contributed by atoms with Gasteiger partial charge in [0.1, 0.15) is 18.3 Å². The molecule has 0 aromatic rings. The van der Waals surface area contributed by atoms with Crippen molar-refractivity contribution in [1.82, 2.24) is 5.32 Å². The molecule has 0 aromatic heterocycles. The fourth-order valence-electron chi connectivity index (χ4n) is 2.92. The van der Waals surface area contributed by atoms with E-state index in [1.54, 1.807) is 0 Å². The molecular weight excluding hydrogens is 298 g/mol. The highest BCUT2D eigenvalue weighted by molar-refractivity contribution is 5.73. The molecule has 5 unspecified atom stereocenters. The van der Waals surface area contributed by atoms with E-state index in [9.17, 15) is 15.0 Å². The van der Waals surface area contributed by atoms with Crippen LogP contribution in [0.2, 0.25) is 0 Å². The molecule has 6 heteroatoms. The maximum atomic E-state index is 11.5. The molecule has 1 saturated heterocycles. The van der Waals surface area contributed by atoms with Crippen molar-refractivity contribution in [3.63, 3.8) is 0 Å². The van der Waals surface area contributed by atoms with Gasteiger partial charge in [-0.2, -0.15) is 0 Å². The Kier molecular flexibility index (Phi) is 6.61. The highest BCUT2D eigenvalue weighted by atomic mass is 16.6. The van der Waals surface area contributed by atoms with Crippen LogP contribution in [0.25, 0.3) is 0 Å². The first-order valence-corrected chi connectivity index (χ1v) is 8.23. The zero-order valence-corrected chi connectivity index (χ0v) is 15.4. The number of aliphatic hydroxyl groups excluding tert-OH is 2. The van der Waals surface area contributed by atoms with Gasteiger partial charge >= 0.3 is 0 Å². The number of rotatable bonds is 4. The summed E-state index contributed by atoms with van der Waals surface area (Å²) in [5.41, 5.74) is -0.543. The predicted octanol–water partition coefficient (Wildman–Crippen LogP) is 1.23. The molecule has 1 heterocycles. The topological polar surface area (TPSA) is 88.0 Å². The van der Waals surface area contributed by atoms with E-state index < -0.39 is 30.0 Å². The van der Waals surface area contributed by atoms with Gasteiger partial charge in [0.2, 0.25) is 5.91 Å². The lowest BCUT2D eigenvalue weighted by atomic mass is 9.82. The van der Waals surface area contributed by atoms with E-state index in [0.717, 1.165) is 0 Å². The Labute approximate surface area is 139 Å². The first-order chi connectivity index (χ1) is 10.3.